The Morgan fingerprint density at radius 3 is 2.71 bits per heavy atom. The van der Waals surface area contributed by atoms with Crippen molar-refractivity contribution in [1.29, 1.82) is 0 Å². The lowest BCUT2D eigenvalue weighted by Gasteiger charge is -2.25. The molecule has 12 heteroatoms. The van der Waals surface area contributed by atoms with E-state index < -0.39 is 17.8 Å². The van der Waals surface area contributed by atoms with Gasteiger partial charge in [-0.25, -0.2) is 15.0 Å². The number of aromatic amines is 1. The summed E-state index contributed by atoms with van der Waals surface area (Å²) in [6.07, 6.45) is -3.24. The van der Waals surface area contributed by atoms with Crippen LogP contribution in [0.1, 0.15) is 34.7 Å². The highest BCUT2D eigenvalue weighted by Crippen LogP contribution is 2.33. The van der Waals surface area contributed by atoms with Crippen LogP contribution in [0.25, 0.3) is 11.2 Å². The number of amides is 1. The molecule has 164 valence electrons. The number of fused-ring (bicyclic) bond motifs is 1. The minimum absolute atomic E-state index is 0.00578. The molecule has 1 aromatic carbocycles. The van der Waals surface area contributed by atoms with E-state index in [2.05, 4.69) is 25.3 Å². The molecule has 1 amide bonds. The number of alkyl halides is 3. The first-order valence-electron chi connectivity index (χ1n) is 9.54. The summed E-state index contributed by atoms with van der Waals surface area (Å²) in [6, 6.07) is 2.82. The van der Waals surface area contributed by atoms with E-state index in [0.717, 1.165) is 12.1 Å². The van der Waals surface area contributed by atoms with Gasteiger partial charge in [0.2, 0.25) is 0 Å². The van der Waals surface area contributed by atoms with Gasteiger partial charge in [-0.2, -0.15) is 13.2 Å². The Labute approximate surface area is 174 Å². The van der Waals surface area contributed by atoms with Crippen LogP contribution in [0.5, 0.6) is 0 Å². The number of morpholine rings is 1. The van der Waals surface area contributed by atoms with Gasteiger partial charge in [-0.1, -0.05) is 0 Å². The summed E-state index contributed by atoms with van der Waals surface area (Å²) >= 11 is 0. The molecule has 1 fully saturated rings. The topological polar surface area (TPSA) is 122 Å². The van der Waals surface area contributed by atoms with Crippen LogP contribution in [0.15, 0.2) is 24.5 Å². The van der Waals surface area contributed by atoms with E-state index in [1.54, 1.807) is 11.8 Å². The summed E-state index contributed by atoms with van der Waals surface area (Å²) < 4.78 is 44.6. The molecule has 2 aromatic heterocycles. The Morgan fingerprint density at radius 1 is 1.26 bits per heavy atom. The molecule has 1 aliphatic rings. The maximum absolute atomic E-state index is 13.1. The Bertz CT molecular complexity index is 1110. The SMILES string of the molecule is C[C@@H](Nc1ncnc2nc(C(=O)N3CCOCC3)[nH]c12)c1cc(N)cc(C(F)(F)F)c1. The van der Waals surface area contributed by atoms with Crippen molar-refractivity contribution in [2.24, 2.45) is 0 Å². The number of imidazole rings is 1. The van der Waals surface area contributed by atoms with Gasteiger partial charge in [-0.3, -0.25) is 4.79 Å². The van der Waals surface area contributed by atoms with Crippen molar-refractivity contribution in [1.82, 2.24) is 24.8 Å². The zero-order valence-corrected chi connectivity index (χ0v) is 16.5. The summed E-state index contributed by atoms with van der Waals surface area (Å²) in [5.74, 6) is 0.129. The number of nitrogens with zero attached hydrogens (tertiary/aromatic N) is 4. The number of benzene rings is 1. The second-order valence-corrected chi connectivity index (χ2v) is 7.16. The van der Waals surface area contributed by atoms with Gasteiger partial charge in [-0.15, -0.1) is 0 Å². The number of ether oxygens (including phenoxy) is 1. The number of halogens is 3. The smallest absolute Gasteiger partial charge is 0.399 e. The van der Waals surface area contributed by atoms with Gasteiger partial charge in [0, 0.05) is 18.8 Å². The zero-order chi connectivity index (χ0) is 22.2. The Balaban J connectivity index is 1.61. The normalized spacial score (nSPS) is 15.8. The van der Waals surface area contributed by atoms with E-state index in [9.17, 15) is 18.0 Å². The summed E-state index contributed by atoms with van der Waals surface area (Å²) in [5, 5.41) is 3.05. The number of anilines is 2. The molecule has 0 saturated carbocycles. The number of H-pyrrole nitrogens is 1. The molecule has 3 heterocycles. The van der Waals surface area contributed by atoms with E-state index in [-0.39, 0.29) is 23.1 Å². The van der Waals surface area contributed by atoms with E-state index >= 15 is 0 Å². The first-order chi connectivity index (χ1) is 14.7. The third-order valence-electron chi connectivity index (χ3n) is 4.95. The minimum atomic E-state index is -4.51. The number of hydrogen-bond donors (Lipinski definition) is 3. The molecule has 31 heavy (non-hydrogen) atoms. The fraction of sp³-hybridized carbons (Fsp3) is 0.368. The molecule has 9 nitrogen and oxygen atoms in total. The largest absolute Gasteiger partial charge is 0.416 e. The standard InChI is InChI=1S/C19H20F3N7O2/c1-10(11-6-12(19(20,21)22)8-13(23)7-11)26-15-14-16(25-9-24-15)28-17(27-14)18(30)29-2-4-31-5-3-29/h6-10H,2-5,23H2,1H3,(H2,24,25,26,27,28)/t10-/m1/s1. The molecule has 4 rings (SSSR count). The summed E-state index contributed by atoms with van der Waals surface area (Å²) in [6.45, 7) is 3.51. The minimum Gasteiger partial charge on any atom is -0.399 e. The molecule has 1 atom stereocenters. The van der Waals surface area contributed by atoms with Gasteiger partial charge in [0.05, 0.1) is 24.8 Å². The van der Waals surface area contributed by atoms with E-state index in [1.165, 1.54) is 12.4 Å². The van der Waals surface area contributed by atoms with Crippen LogP contribution in [0.3, 0.4) is 0 Å². The average molecular weight is 435 g/mol. The number of carbonyl (C=O) groups is 1. The highest BCUT2D eigenvalue weighted by Gasteiger charge is 2.31. The van der Waals surface area contributed by atoms with Gasteiger partial charge in [0.15, 0.2) is 17.3 Å². The monoisotopic (exact) mass is 435 g/mol. The molecule has 1 aliphatic heterocycles. The lowest BCUT2D eigenvalue weighted by molar-refractivity contribution is -0.137. The number of carbonyl (C=O) groups excluding carboxylic acids is 1. The number of nitrogen functional groups attached to an aromatic ring is 1. The maximum Gasteiger partial charge on any atom is 0.416 e. The van der Waals surface area contributed by atoms with E-state index in [4.69, 9.17) is 10.5 Å². The third kappa shape index (κ3) is 4.38. The zero-order valence-electron chi connectivity index (χ0n) is 16.5. The van der Waals surface area contributed by atoms with Crippen molar-refractivity contribution in [2.75, 3.05) is 37.4 Å². The van der Waals surface area contributed by atoms with Crippen LogP contribution in [0, 0.1) is 0 Å². The van der Waals surface area contributed by atoms with E-state index in [0.29, 0.717) is 43.2 Å². The molecule has 0 unspecified atom stereocenters. The number of nitrogens with two attached hydrogens (primary N) is 1. The molecule has 0 aliphatic carbocycles. The lowest BCUT2D eigenvalue weighted by atomic mass is 10.0. The van der Waals surface area contributed by atoms with Gasteiger partial charge in [0.1, 0.15) is 11.8 Å². The molecule has 0 spiro atoms. The average Bonchev–Trinajstić information content (AvgIpc) is 3.18. The quantitative estimate of drug-likeness (QED) is 0.539. The van der Waals surface area contributed by atoms with Gasteiger partial charge < -0.3 is 25.7 Å². The first-order valence-corrected chi connectivity index (χ1v) is 9.54. The van der Waals surface area contributed by atoms with Crippen molar-refractivity contribution in [3.8, 4) is 0 Å². The van der Waals surface area contributed by atoms with E-state index in [1.807, 2.05) is 0 Å². The fourth-order valence-corrected chi connectivity index (χ4v) is 3.33. The van der Waals surface area contributed by atoms with Crippen LogP contribution in [0.2, 0.25) is 0 Å². The number of rotatable bonds is 4. The van der Waals surface area contributed by atoms with Gasteiger partial charge >= 0.3 is 6.18 Å². The van der Waals surface area contributed by atoms with Crippen molar-refractivity contribution < 1.29 is 22.7 Å². The Morgan fingerprint density at radius 2 is 2.00 bits per heavy atom. The first kappa shape index (κ1) is 20.8. The van der Waals surface area contributed by atoms with Crippen molar-refractivity contribution in [2.45, 2.75) is 19.1 Å². The maximum atomic E-state index is 13.1. The van der Waals surface area contributed by atoms with Crippen LogP contribution in [-0.4, -0.2) is 57.0 Å². The Hall–Kier alpha value is -3.41. The number of nitrogens with one attached hydrogen (secondary N) is 2. The third-order valence-corrected chi connectivity index (χ3v) is 4.95. The van der Waals surface area contributed by atoms with Crippen molar-refractivity contribution in [3.05, 3.63) is 41.5 Å². The number of aromatic nitrogens is 4. The highest BCUT2D eigenvalue weighted by atomic mass is 19.4. The van der Waals surface area contributed by atoms with Crippen LogP contribution in [0.4, 0.5) is 24.7 Å². The predicted octanol–water partition coefficient (Wildman–Crippen LogP) is 2.60. The second kappa shape index (κ2) is 8.02. The summed E-state index contributed by atoms with van der Waals surface area (Å²) in [5.41, 5.74) is 5.83. The van der Waals surface area contributed by atoms with Crippen LogP contribution < -0.4 is 11.1 Å². The number of hydrogen-bond acceptors (Lipinski definition) is 7. The van der Waals surface area contributed by atoms with Crippen molar-refractivity contribution >= 4 is 28.6 Å². The van der Waals surface area contributed by atoms with Gasteiger partial charge in [0.25, 0.3) is 5.91 Å². The fourth-order valence-electron chi connectivity index (χ4n) is 3.33. The molecule has 0 radical (unpaired) electrons. The Kier molecular flexibility index (Phi) is 5.39. The molecular weight excluding hydrogens is 415 g/mol. The molecule has 0 bridgehead atoms. The molecule has 3 aromatic rings. The van der Waals surface area contributed by atoms with Crippen LogP contribution in [-0.2, 0) is 10.9 Å². The van der Waals surface area contributed by atoms with Gasteiger partial charge in [-0.05, 0) is 30.7 Å². The highest BCUT2D eigenvalue weighted by molar-refractivity contribution is 5.95. The summed E-state index contributed by atoms with van der Waals surface area (Å²) in [7, 11) is 0. The lowest BCUT2D eigenvalue weighted by Crippen LogP contribution is -2.41. The van der Waals surface area contributed by atoms with Crippen molar-refractivity contribution in [3.63, 3.8) is 0 Å². The second-order valence-electron chi connectivity index (χ2n) is 7.16. The predicted molar refractivity (Wildman–Crippen MR) is 106 cm³/mol. The van der Waals surface area contributed by atoms with Crippen LogP contribution >= 0.6 is 0 Å². The molecule has 4 N–H and O–H groups in total. The molecule has 1 saturated heterocycles. The summed E-state index contributed by atoms with van der Waals surface area (Å²) in [4.78, 5) is 29.7. The molecular formula is C19H20F3N7O2.